The van der Waals surface area contributed by atoms with Crippen molar-refractivity contribution in [3.05, 3.63) is 164 Å². The second kappa shape index (κ2) is 11.4. The third-order valence-electron chi connectivity index (χ3n) is 9.39. The summed E-state index contributed by atoms with van der Waals surface area (Å²) >= 11 is 0. The number of nitrogens with zero attached hydrogens (tertiary/aromatic N) is 5. The smallest absolute Gasteiger partial charge is 0.164 e. The highest BCUT2D eigenvalue weighted by Gasteiger charge is 2.18. The van der Waals surface area contributed by atoms with Gasteiger partial charge in [-0.25, -0.2) is 15.0 Å². The van der Waals surface area contributed by atoms with Gasteiger partial charge in [0.2, 0.25) is 0 Å². The van der Waals surface area contributed by atoms with E-state index in [0.29, 0.717) is 17.5 Å². The van der Waals surface area contributed by atoms with Gasteiger partial charge in [-0.3, -0.25) is 4.98 Å². The van der Waals surface area contributed by atoms with Crippen LogP contribution in [0.5, 0.6) is 0 Å². The largest absolute Gasteiger partial charge is 0.454 e. The van der Waals surface area contributed by atoms with E-state index in [1.807, 2.05) is 54.6 Å². The number of hydrogen-bond acceptors (Lipinski definition) is 5. The van der Waals surface area contributed by atoms with E-state index in [9.17, 15) is 0 Å². The number of benzene rings is 6. The van der Waals surface area contributed by atoms with Crippen LogP contribution in [0.1, 0.15) is 0 Å². The highest BCUT2D eigenvalue weighted by molar-refractivity contribution is 6.09. The lowest BCUT2D eigenvalue weighted by molar-refractivity contribution is 0.667. The molecule has 10 rings (SSSR count). The number of furan rings is 1. The van der Waals surface area contributed by atoms with Crippen molar-refractivity contribution in [3.63, 3.8) is 0 Å². The summed E-state index contributed by atoms with van der Waals surface area (Å²) in [4.78, 5) is 19.3. The molecule has 0 atom stereocenters. The second-order valence-electron chi connectivity index (χ2n) is 12.3. The molecule has 50 heavy (non-hydrogen) atoms. The first-order valence-electron chi connectivity index (χ1n) is 16.5. The molecule has 10 aromatic rings. The molecule has 6 nitrogen and oxygen atoms in total. The van der Waals surface area contributed by atoms with Crippen LogP contribution in [0.3, 0.4) is 0 Å². The van der Waals surface area contributed by atoms with Crippen LogP contribution in [0.4, 0.5) is 0 Å². The monoisotopic (exact) mass is 641 g/mol. The molecule has 0 amide bonds. The zero-order valence-electron chi connectivity index (χ0n) is 26.7. The molecule has 0 unspecified atom stereocenters. The van der Waals surface area contributed by atoms with Gasteiger partial charge in [0.05, 0.1) is 17.2 Å². The van der Waals surface area contributed by atoms with E-state index in [1.165, 1.54) is 21.8 Å². The highest BCUT2D eigenvalue weighted by atomic mass is 16.3. The number of para-hydroxylation sites is 2. The van der Waals surface area contributed by atoms with Crippen molar-refractivity contribution in [3.8, 4) is 51.0 Å². The lowest BCUT2D eigenvalue weighted by Gasteiger charge is -2.13. The molecule has 0 N–H and O–H groups in total. The number of aromatic nitrogens is 5. The summed E-state index contributed by atoms with van der Waals surface area (Å²) in [6.07, 6.45) is 3.53. The SMILES string of the molecule is c1ccc(-c2nc(-c3ccc4c(c3)oc3cnccc34)nc(-c3ccccc3-c3ccc(-n4c5ccccc5c5ccccc54)cc3)n2)cc1. The fourth-order valence-electron chi connectivity index (χ4n) is 7.03. The first kappa shape index (κ1) is 28.1. The zero-order chi connectivity index (χ0) is 33.0. The fraction of sp³-hybridized carbons (Fsp3) is 0. The number of pyridine rings is 1. The van der Waals surface area contributed by atoms with Crippen LogP contribution in [0.25, 0.3) is 94.7 Å². The van der Waals surface area contributed by atoms with Gasteiger partial charge in [0.15, 0.2) is 23.1 Å². The topological polar surface area (TPSA) is 69.6 Å². The van der Waals surface area contributed by atoms with E-state index in [2.05, 4.69) is 107 Å². The molecule has 4 heterocycles. The van der Waals surface area contributed by atoms with Crippen LogP contribution in [0.2, 0.25) is 0 Å². The molecule has 0 aliphatic carbocycles. The molecule has 234 valence electrons. The summed E-state index contributed by atoms with van der Waals surface area (Å²) in [7, 11) is 0. The third-order valence-corrected chi connectivity index (χ3v) is 9.39. The Kier molecular flexibility index (Phi) is 6.39. The van der Waals surface area contributed by atoms with E-state index in [0.717, 1.165) is 55.4 Å². The molecule has 4 aromatic heterocycles. The summed E-state index contributed by atoms with van der Waals surface area (Å²) in [5.74, 6) is 1.78. The normalized spacial score (nSPS) is 11.6. The Balaban J connectivity index is 1.10. The number of fused-ring (bicyclic) bond motifs is 6. The van der Waals surface area contributed by atoms with Crippen molar-refractivity contribution < 1.29 is 4.42 Å². The number of rotatable bonds is 5. The molecule has 0 saturated carbocycles. The first-order chi connectivity index (χ1) is 24.8. The lowest BCUT2D eigenvalue weighted by Crippen LogP contribution is -2.01. The zero-order valence-corrected chi connectivity index (χ0v) is 26.7. The van der Waals surface area contributed by atoms with Crippen molar-refractivity contribution in [2.75, 3.05) is 0 Å². The Hall–Kier alpha value is -6.92. The summed E-state index contributed by atoms with van der Waals surface area (Å²) in [6.45, 7) is 0. The Morgan fingerprint density at radius 2 is 1.02 bits per heavy atom. The standard InChI is InChI=1S/C44H27N5O/c1-2-10-29(11-3-1)42-46-43(30-20-23-35-36-24-25-45-27-41(36)50-40(35)26-30)48-44(47-42)37-15-5-4-12-32(37)28-18-21-31(22-19-28)49-38-16-8-6-13-33(38)34-14-7-9-17-39(34)49/h1-27H. The van der Waals surface area contributed by atoms with Gasteiger partial charge in [0, 0.05) is 50.1 Å². The van der Waals surface area contributed by atoms with Crippen LogP contribution in [-0.4, -0.2) is 24.5 Å². The second-order valence-corrected chi connectivity index (χ2v) is 12.3. The molecule has 6 aromatic carbocycles. The van der Waals surface area contributed by atoms with Crippen LogP contribution >= 0.6 is 0 Å². The Morgan fingerprint density at radius 1 is 0.420 bits per heavy atom. The fourth-order valence-corrected chi connectivity index (χ4v) is 7.03. The molecule has 0 fully saturated rings. The van der Waals surface area contributed by atoms with Crippen LogP contribution in [0, 0.1) is 0 Å². The third kappa shape index (κ3) is 4.58. The average Bonchev–Trinajstić information content (AvgIpc) is 3.74. The molecule has 0 saturated heterocycles. The molecular formula is C44H27N5O. The van der Waals surface area contributed by atoms with Gasteiger partial charge in [-0.15, -0.1) is 0 Å². The molecule has 0 aliphatic heterocycles. The van der Waals surface area contributed by atoms with Gasteiger partial charge in [-0.05, 0) is 53.6 Å². The summed E-state index contributed by atoms with van der Waals surface area (Å²) in [5.41, 5.74) is 9.79. The molecule has 6 heteroatoms. The minimum absolute atomic E-state index is 0.575. The summed E-state index contributed by atoms with van der Waals surface area (Å²) < 4.78 is 8.50. The molecule has 0 bridgehead atoms. The molecule has 0 radical (unpaired) electrons. The van der Waals surface area contributed by atoms with E-state index in [1.54, 1.807) is 12.4 Å². The summed E-state index contributed by atoms with van der Waals surface area (Å²) in [5, 5.41) is 4.54. The average molecular weight is 642 g/mol. The van der Waals surface area contributed by atoms with Crippen LogP contribution in [0.15, 0.2) is 168 Å². The number of hydrogen-bond donors (Lipinski definition) is 0. The first-order valence-corrected chi connectivity index (χ1v) is 16.5. The minimum atomic E-state index is 0.575. The Labute approximate surface area is 287 Å². The quantitative estimate of drug-likeness (QED) is 0.187. The predicted molar refractivity (Wildman–Crippen MR) is 201 cm³/mol. The van der Waals surface area contributed by atoms with E-state index >= 15 is 0 Å². The molecule has 0 aliphatic rings. The van der Waals surface area contributed by atoms with E-state index in [-0.39, 0.29) is 0 Å². The summed E-state index contributed by atoms with van der Waals surface area (Å²) in [6, 6.07) is 52.3. The maximum Gasteiger partial charge on any atom is 0.164 e. The Morgan fingerprint density at radius 3 is 1.78 bits per heavy atom. The molecular weight excluding hydrogens is 615 g/mol. The predicted octanol–water partition coefficient (Wildman–Crippen LogP) is 10.9. The lowest BCUT2D eigenvalue weighted by atomic mass is 9.98. The van der Waals surface area contributed by atoms with Gasteiger partial charge in [-0.2, -0.15) is 0 Å². The van der Waals surface area contributed by atoms with Gasteiger partial charge in [0.1, 0.15) is 5.58 Å². The van der Waals surface area contributed by atoms with Crippen molar-refractivity contribution in [1.29, 1.82) is 0 Å². The van der Waals surface area contributed by atoms with Gasteiger partial charge < -0.3 is 8.98 Å². The minimum Gasteiger partial charge on any atom is -0.454 e. The van der Waals surface area contributed by atoms with Gasteiger partial charge in [0.25, 0.3) is 0 Å². The van der Waals surface area contributed by atoms with E-state index in [4.69, 9.17) is 19.4 Å². The van der Waals surface area contributed by atoms with Gasteiger partial charge >= 0.3 is 0 Å². The highest BCUT2D eigenvalue weighted by Crippen LogP contribution is 2.36. The Bertz CT molecular complexity index is 2820. The van der Waals surface area contributed by atoms with Crippen molar-refractivity contribution in [1.82, 2.24) is 24.5 Å². The molecule has 0 spiro atoms. The van der Waals surface area contributed by atoms with Crippen molar-refractivity contribution >= 4 is 43.7 Å². The van der Waals surface area contributed by atoms with Crippen molar-refractivity contribution in [2.45, 2.75) is 0 Å². The van der Waals surface area contributed by atoms with Crippen LogP contribution < -0.4 is 0 Å². The van der Waals surface area contributed by atoms with Crippen molar-refractivity contribution in [2.24, 2.45) is 0 Å². The van der Waals surface area contributed by atoms with Gasteiger partial charge in [-0.1, -0.05) is 109 Å². The van der Waals surface area contributed by atoms with E-state index < -0.39 is 0 Å². The maximum absolute atomic E-state index is 6.17. The maximum atomic E-state index is 6.17. The van der Waals surface area contributed by atoms with Crippen LogP contribution in [-0.2, 0) is 0 Å².